The predicted molar refractivity (Wildman–Crippen MR) is 56.2 cm³/mol. The number of carboxylic acids is 2. The minimum atomic E-state index is -1.06. The molecule has 0 fully saturated rings. The monoisotopic (exact) mass is 219 g/mol. The van der Waals surface area contributed by atoms with E-state index in [4.69, 9.17) is 15.5 Å². The first kappa shape index (κ1) is 13.4. The van der Waals surface area contributed by atoms with Gasteiger partial charge in [-0.15, -0.1) is 0 Å². The molecule has 0 bridgehead atoms. The highest BCUT2D eigenvalue weighted by molar-refractivity contribution is 5.91. The summed E-state index contributed by atoms with van der Waals surface area (Å²) in [5, 5.41) is 24.4. The van der Waals surface area contributed by atoms with Crippen molar-refractivity contribution in [2.75, 3.05) is 0 Å². The number of hydrogen-bond acceptors (Lipinski definition) is 3. The van der Waals surface area contributed by atoms with Crippen LogP contribution in [0, 0.1) is 11.3 Å². The first-order valence-corrected chi connectivity index (χ1v) is 4.10. The van der Waals surface area contributed by atoms with Gasteiger partial charge in [0.15, 0.2) is 0 Å². The SMILES string of the molecule is C=CC#N.O=C(O)c1ccc(C(=O)O)cc1. The van der Waals surface area contributed by atoms with E-state index in [-0.39, 0.29) is 11.1 Å². The Bertz CT molecular complexity index is 395. The van der Waals surface area contributed by atoms with Gasteiger partial charge < -0.3 is 10.2 Å². The van der Waals surface area contributed by atoms with Crippen molar-refractivity contribution in [3.63, 3.8) is 0 Å². The summed E-state index contributed by atoms with van der Waals surface area (Å²) in [6.45, 7) is 3.12. The first-order chi connectivity index (χ1) is 7.52. The molecular formula is C11H9NO4. The molecule has 1 aromatic carbocycles. The van der Waals surface area contributed by atoms with Crippen molar-refractivity contribution < 1.29 is 19.8 Å². The summed E-state index contributed by atoms with van der Waals surface area (Å²) in [6.07, 6.45) is 1.18. The maximum Gasteiger partial charge on any atom is 0.335 e. The van der Waals surface area contributed by atoms with E-state index in [2.05, 4.69) is 6.58 Å². The second-order valence-corrected chi connectivity index (χ2v) is 2.52. The Labute approximate surface area is 91.9 Å². The first-order valence-electron chi connectivity index (χ1n) is 4.10. The molecule has 5 nitrogen and oxygen atoms in total. The van der Waals surface area contributed by atoms with Gasteiger partial charge >= 0.3 is 11.9 Å². The van der Waals surface area contributed by atoms with Crippen LogP contribution in [0.1, 0.15) is 20.7 Å². The van der Waals surface area contributed by atoms with Gasteiger partial charge in [-0.25, -0.2) is 9.59 Å². The van der Waals surface area contributed by atoms with Crippen LogP contribution in [0.15, 0.2) is 36.9 Å². The fourth-order valence-corrected chi connectivity index (χ4v) is 0.755. The van der Waals surface area contributed by atoms with Crippen LogP contribution in [0.25, 0.3) is 0 Å². The van der Waals surface area contributed by atoms with Crippen LogP contribution in [0.4, 0.5) is 0 Å². The maximum atomic E-state index is 10.3. The molecule has 0 aliphatic heterocycles. The van der Waals surface area contributed by atoms with E-state index in [1.54, 1.807) is 6.07 Å². The molecule has 0 aliphatic carbocycles. The van der Waals surface area contributed by atoms with Crippen LogP contribution in [0.3, 0.4) is 0 Å². The van der Waals surface area contributed by atoms with E-state index in [0.717, 1.165) is 0 Å². The van der Waals surface area contributed by atoms with Crippen LogP contribution in [0.5, 0.6) is 0 Å². The van der Waals surface area contributed by atoms with E-state index in [1.165, 1.54) is 30.3 Å². The second kappa shape index (κ2) is 6.79. The molecule has 0 radical (unpaired) electrons. The molecule has 0 amide bonds. The Hall–Kier alpha value is -2.61. The summed E-state index contributed by atoms with van der Waals surface area (Å²) in [5.74, 6) is -2.13. The molecule has 0 heterocycles. The zero-order chi connectivity index (χ0) is 12.6. The number of rotatable bonds is 2. The smallest absolute Gasteiger partial charge is 0.335 e. The molecule has 0 saturated heterocycles. The quantitative estimate of drug-likeness (QED) is 0.738. The predicted octanol–water partition coefficient (Wildman–Crippen LogP) is 1.78. The van der Waals surface area contributed by atoms with Crippen LogP contribution < -0.4 is 0 Å². The third-order valence-corrected chi connectivity index (χ3v) is 1.47. The van der Waals surface area contributed by atoms with Crippen molar-refractivity contribution in [3.8, 4) is 6.07 Å². The van der Waals surface area contributed by atoms with Crippen LogP contribution in [-0.2, 0) is 0 Å². The highest BCUT2D eigenvalue weighted by atomic mass is 16.4. The minimum Gasteiger partial charge on any atom is -0.478 e. The summed E-state index contributed by atoms with van der Waals surface area (Å²) in [6, 6.07) is 6.72. The Morgan fingerprint density at radius 1 is 1.12 bits per heavy atom. The average molecular weight is 219 g/mol. The van der Waals surface area contributed by atoms with Crippen molar-refractivity contribution in [2.45, 2.75) is 0 Å². The van der Waals surface area contributed by atoms with E-state index in [9.17, 15) is 9.59 Å². The van der Waals surface area contributed by atoms with Crippen molar-refractivity contribution >= 4 is 11.9 Å². The topological polar surface area (TPSA) is 98.4 Å². The highest BCUT2D eigenvalue weighted by Crippen LogP contribution is 2.03. The van der Waals surface area contributed by atoms with Gasteiger partial charge in [-0.2, -0.15) is 5.26 Å². The summed E-state index contributed by atoms with van der Waals surface area (Å²) in [5.41, 5.74) is 0.167. The Balaban J connectivity index is 0.000000487. The molecule has 82 valence electrons. The maximum absolute atomic E-state index is 10.3. The van der Waals surface area contributed by atoms with Crippen molar-refractivity contribution in [1.29, 1.82) is 5.26 Å². The lowest BCUT2D eigenvalue weighted by atomic mass is 10.1. The van der Waals surface area contributed by atoms with Gasteiger partial charge in [0, 0.05) is 6.08 Å². The number of nitrogens with zero attached hydrogens (tertiary/aromatic N) is 1. The van der Waals surface area contributed by atoms with Crippen LogP contribution in [0.2, 0.25) is 0 Å². The second-order valence-electron chi connectivity index (χ2n) is 2.52. The molecule has 0 saturated carbocycles. The number of benzene rings is 1. The average Bonchev–Trinajstić information content (AvgIpc) is 2.29. The van der Waals surface area contributed by atoms with Crippen LogP contribution >= 0.6 is 0 Å². The largest absolute Gasteiger partial charge is 0.478 e. The molecule has 0 spiro atoms. The summed E-state index contributed by atoms with van der Waals surface area (Å²) in [4.78, 5) is 20.7. The molecule has 16 heavy (non-hydrogen) atoms. The lowest BCUT2D eigenvalue weighted by Crippen LogP contribution is -1.99. The van der Waals surface area contributed by atoms with Crippen LogP contribution in [-0.4, -0.2) is 22.2 Å². The van der Waals surface area contributed by atoms with Gasteiger partial charge in [0.2, 0.25) is 0 Å². The third-order valence-electron chi connectivity index (χ3n) is 1.47. The van der Waals surface area contributed by atoms with Crippen molar-refractivity contribution in [3.05, 3.63) is 48.0 Å². The Kier molecular flexibility index (Phi) is 5.68. The van der Waals surface area contributed by atoms with Gasteiger partial charge in [-0.05, 0) is 24.3 Å². The number of carboxylic acid groups (broad SMARTS) is 2. The van der Waals surface area contributed by atoms with Crippen molar-refractivity contribution in [1.82, 2.24) is 0 Å². The fraction of sp³-hybridized carbons (Fsp3) is 0. The zero-order valence-electron chi connectivity index (χ0n) is 8.25. The molecule has 0 aromatic heterocycles. The number of hydrogen-bond donors (Lipinski definition) is 2. The van der Waals surface area contributed by atoms with E-state index in [0.29, 0.717) is 0 Å². The summed E-state index contributed by atoms with van der Waals surface area (Å²) in [7, 11) is 0. The number of nitriles is 1. The molecule has 5 heteroatoms. The number of aromatic carboxylic acids is 2. The molecule has 1 rings (SSSR count). The Morgan fingerprint density at radius 2 is 1.38 bits per heavy atom. The lowest BCUT2D eigenvalue weighted by molar-refractivity contribution is 0.0681. The van der Waals surface area contributed by atoms with Gasteiger partial charge in [0.1, 0.15) is 0 Å². The molecule has 0 unspecified atom stereocenters. The molecular weight excluding hydrogens is 210 g/mol. The zero-order valence-corrected chi connectivity index (χ0v) is 8.25. The van der Waals surface area contributed by atoms with Gasteiger partial charge in [0.05, 0.1) is 17.2 Å². The summed E-state index contributed by atoms with van der Waals surface area (Å²) >= 11 is 0. The standard InChI is InChI=1S/C8H6O4.C3H3N/c9-7(10)5-1-2-6(4-3-5)8(11)12;1-2-3-4/h1-4H,(H,9,10)(H,11,12);2H,1H2. The van der Waals surface area contributed by atoms with E-state index < -0.39 is 11.9 Å². The van der Waals surface area contributed by atoms with Gasteiger partial charge in [-0.1, -0.05) is 6.58 Å². The third kappa shape index (κ3) is 4.58. The Morgan fingerprint density at radius 3 is 1.50 bits per heavy atom. The number of carbonyl (C=O) groups is 2. The fourth-order valence-electron chi connectivity index (χ4n) is 0.755. The van der Waals surface area contributed by atoms with Crippen molar-refractivity contribution in [2.24, 2.45) is 0 Å². The summed E-state index contributed by atoms with van der Waals surface area (Å²) < 4.78 is 0. The molecule has 0 atom stereocenters. The normalized spacial score (nSPS) is 7.94. The molecule has 1 aromatic rings. The molecule has 0 aliphatic rings. The van der Waals surface area contributed by atoms with Gasteiger partial charge in [-0.3, -0.25) is 0 Å². The lowest BCUT2D eigenvalue weighted by Gasteiger charge is -1.94. The molecule has 2 N–H and O–H groups in total. The van der Waals surface area contributed by atoms with E-state index >= 15 is 0 Å². The highest BCUT2D eigenvalue weighted by Gasteiger charge is 2.04. The minimum absolute atomic E-state index is 0.0833. The van der Waals surface area contributed by atoms with E-state index in [1.807, 2.05) is 0 Å². The number of allylic oxidation sites excluding steroid dienone is 1. The van der Waals surface area contributed by atoms with Gasteiger partial charge in [0.25, 0.3) is 0 Å².